The van der Waals surface area contributed by atoms with Crippen molar-refractivity contribution in [1.82, 2.24) is 15.2 Å². The average molecular weight is 514 g/mol. The number of nitrogens with one attached hydrogen (secondary N) is 1. The minimum absolute atomic E-state index is 0.118. The van der Waals surface area contributed by atoms with Crippen molar-refractivity contribution in [2.75, 3.05) is 45.3 Å². The van der Waals surface area contributed by atoms with Gasteiger partial charge >= 0.3 is 5.97 Å². The van der Waals surface area contributed by atoms with E-state index in [2.05, 4.69) is 15.5 Å². The first-order chi connectivity index (χ1) is 16.0. The second-order valence-corrected chi connectivity index (χ2v) is 10.6. The monoisotopic (exact) mass is 513 g/mol. The number of anilines is 1. The normalized spacial score (nSPS) is 28.4. The van der Waals surface area contributed by atoms with Crippen molar-refractivity contribution in [1.29, 1.82) is 0 Å². The summed E-state index contributed by atoms with van der Waals surface area (Å²) in [5.74, 6) is -2.18. The second kappa shape index (κ2) is 9.14. The second-order valence-electron chi connectivity index (χ2n) is 8.59. The smallest absolute Gasteiger partial charge is 0.352 e. The van der Waals surface area contributed by atoms with Gasteiger partial charge in [0.1, 0.15) is 61.8 Å². The number of likely N-dealkylation sites (tertiary alicyclic amines) is 1. The Hall–Kier alpha value is -2.72. The maximum Gasteiger partial charge on any atom is 0.352 e. The number of hydrogen-bond donors (Lipinski definition) is 5. The van der Waals surface area contributed by atoms with Crippen LogP contribution in [0.1, 0.15) is 5.69 Å². The fourth-order valence-electron chi connectivity index (χ4n) is 4.52. The fraction of sp³-hybridized carbons (Fsp3) is 0.526. The lowest BCUT2D eigenvalue weighted by atomic mass is 10.0. The molecule has 1 aromatic heterocycles. The van der Waals surface area contributed by atoms with Crippen molar-refractivity contribution in [3.05, 3.63) is 22.3 Å². The molecule has 15 heteroatoms. The highest BCUT2D eigenvalue weighted by Crippen LogP contribution is 2.41. The zero-order chi connectivity index (χ0) is 24.8. The number of aliphatic hydroxyl groups excluding tert-OH is 2. The van der Waals surface area contributed by atoms with Gasteiger partial charge in [0.25, 0.3) is 11.8 Å². The quantitative estimate of drug-likeness (QED) is 0.118. The lowest BCUT2D eigenvalue weighted by molar-refractivity contribution is -0.895. The number of aromatic nitrogens is 1. The molecule has 3 aliphatic rings. The van der Waals surface area contributed by atoms with Crippen LogP contribution in [0, 0.1) is 0 Å². The molecule has 13 nitrogen and oxygen atoms in total. The largest absolute Gasteiger partial charge is 0.477 e. The number of amides is 2. The van der Waals surface area contributed by atoms with E-state index >= 15 is 0 Å². The van der Waals surface area contributed by atoms with Crippen molar-refractivity contribution in [3.63, 3.8) is 0 Å². The first kappa shape index (κ1) is 24.4. The van der Waals surface area contributed by atoms with Crippen molar-refractivity contribution in [2.24, 2.45) is 5.16 Å². The number of oxime groups is 1. The molecule has 2 amide bonds. The number of nitrogens with zero attached hydrogens (tertiary/aromatic N) is 4. The van der Waals surface area contributed by atoms with E-state index in [-0.39, 0.29) is 46.4 Å². The molecule has 0 spiro atoms. The first-order valence-electron chi connectivity index (χ1n) is 10.3. The van der Waals surface area contributed by atoms with Crippen molar-refractivity contribution < 1.29 is 39.0 Å². The summed E-state index contributed by atoms with van der Waals surface area (Å²) in [4.78, 5) is 47.8. The van der Waals surface area contributed by atoms with Crippen LogP contribution in [-0.2, 0) is 19.2 Å². The van der Waals surface area contributed by atoms with E-state index in [0.717, 1.165) is 11.3 Å². The number of carbonyl (C=O) groups is 3. The number of thioether (sulfide) groups is 1. The lowest BCUT2D eigenvalue weighted by Crippen LogP contribution is -2.71. The van der Waals surface area contributed by atoms with E-state index in [4.69, 9.17) is 10.6 Å². The highest BCUT2D eigenvalue weighted by Gasteiger charge is 2.55. The standard InChI is InChI=1S/C19H24N6O7S2/c1-25(4-10(26)11(27)5-25)3-8-6-33-17-13(16(29)24(17)14(8)18(30)31)22-15(28)12(23-32-2)9-7-34-19(20)21-9/h7,10-11,13,17,26-27H,3-6H2,1-2H3,(H3-,20,21,22,28,30,31)/p+1/t10-,11-,13?,17-/m0/s1. The number of rotatable bonds is 7. The van der Waals surface area contributed by atoms with Crippen LogP contribution in [0.25, 0.3) is 0 Å². The number of carboxylic acids is 1. The summed E-state index contributed by atoms with van der Waals surface area (Å²) in [6.45, 7) is 0.828. The third kappa shape index (κ3) is 4.36. The van der Waals surface area contributed by atoms with Crippen LogP contribution < -0.4 is 11.1 Å². The molecule has 4 atom stereocenters. The molecule has 2 saturated heterocycles. The van der Waals surface area contributed by atoms with E-state index in [0.29, 0.717) is 11.3 Å². The number of aliphatic hydroxyl groups is 2. The number of nitrogens with two attached hydrogens (primary N) is 1. The Morgan fingerprint density at radius 3 is 2.62 bits per heavy atom. The number of nitrogen functional groups attached to an aromatic ring is 1. The summed E-state index contributed by atoms with van der Waals surface area (Å²) >= 11 is 2.45. The van der Waals surface area contributed by atoms with Crippen LogP contribution in [0.15, 0.2) is 21.8 Å². The number of hydrogen-bond acceptors (Lipinski definition) is 11. The number of carboxylic acid groups (broad SMARTS) is 1. The van der Waals surface area contributed by atoms with Gasteiger partial charge in [0.2, 0.25) is 0 Å². The molecular weight excluding hydrogens is 488 g/mol. The fourth-order valence-corrected chi connectivity index (χ4v) is 6.40. The molecule has 1 unspecified atom stereocenters. The summed E-state index contributed by atoms with van der Waals surface area (Å²) in [5.41, 5.74) is 6.09. The van der Waals surface area contributed by atoms with E-state index in [1.165, 1.54) is 29.2 Å². The summed E-state index contributed by atoms with van der Waals surface area (Å²) in [6, 6.07) is -0.952. The van der Waals surface area contributed by atoms with Crippen molar-refractivity contribution in [2.45, 2.75) is 23.6 Å². The summed E-state index contributed by atoms with van der Waals surface area (Å²) in [6.07, 6.45) is -1.77. The first-order valence-corrected chi connectivity index (χ1v) is 12.2. The molecule has 184 valence electrons. The topological polar surface area (TPSA) is 188 Å². The molecule has 0 aromatic carbocycles. The van der Waals surface area contributed by atoms with E-state index in [9.17, 15) is 29.7 Å². The predicted molar refractivity (Wildman–Crippen MR) is 123 cm³/mol. The number of carbonyl (C=O) groups excluding carboxylic acids is 2. The molecule has 0 saturated carbocycles. The minimum Gasteiger partial charge on any atom is -0.477 e. The van der Waals surface area contributed by atoms with Gasteiger partial charge in [-0.3, -0.25) is 14.5 Å². The van der Waals surface area contributed by atoms with Gasteiger partial charge in [-0.05, 0) is 0 Å². The number of fused-ring (bicyclic) bond motifs is 1. The Labute approximate surface area is 202 Å². The van der Waals surface area contributed by atoms with Gasteiger partial charge in [-0.1, -0.05) is 5.16 Å². The molecule has 6 N–H and O–H groups in total. The van der Waals surface area contributed by atoms with Gasteiger partial charge < -0.3 is 35.7 Å². The van der Waals surface area contributed by atoms with Crippen LogP contribution in [0.4, 0.5) is 5.13 Å². The van der Waals surface area contributed by atoms with Crippen molar-refractivity contribution >= 4 is 51.7 Å². The third-order valence-electron chi connectivity index (χ3n) is 5.97. The molecule has 1 aromatic rings. The molecule has 4 heterocycles. The van der Waals surface area contributed by atoms with E-state index in [1.54, 1.807) is 0 Å². The Morgan fingerprint density at radius 2 is 2.06 bits per heavy atom. The molecule has 3 aliphatic heterocycles. The Kier molecular flexibility index (Phi) is 6.56. The number of quaternary nitrogens is 1. The van der Waals surface area contributed by atoms with Gasteiger partial charge in [-0.2, -0.15) is 0 Å². The zero-order valence-electron chi connectivity index (χ0n) is 18.4. The predicted octanol–water partition coefficient (Wildman–Crippen LogP) is -2.00. The Balaban J connectivity index is 1.52. The molecule has 0 radical (unpaired) electrons. The third-order valence-corrected chi connectivity index (χ3v) is 7.98. The van der Waals surface area contributed by atoms with Crippen LogP contribution >= 0.6 is 23.1 Å². The van der Waals surface area contributed by atoms with Gasteiger partial charge in [0.05, 0.1) is 7.05 Å². The van der Waals surface area contributed by atoms with Crippen molar-refractivity contribution in [3.8, 4) is 0 Å². The zero-order valence-corrected chi connectivity index (χ0v) is 20.0. The Morgan fingerprint density at radius 1 is 1.38 bits per heavy atom. The van der Waals surface area contributed by atoms with Crippen LogP contribution in [-0.4, -0.2) is 116 Å². The number of likely N-dealkylation sites (N-methyl/N-ethyl adjacent to an activating group) is 1. The average Bonchev–Trinajstić information content (AvgIpc) is 3.30. The summed E-state index contributed by atoms with van der Waals surface area (Å²) < 4.78 is 0.259. The lowest BCUT2D eigenvalue weighted by Gasteiger charge is -2.49. The molecule has 0 aliphatic carbocycles. The Bertz CT molecular complexity index is 1080. The summed E-state index contributed by atoms with van der Waals surface area (Å²) in [5, 5.41) is 37.2. The van der Waals surface area contributed by atoms with Crippen LogP contribution in [0.3, 0.4) is 0 Å². The SMILES string of the molecule is CON=C(C(=O)NC1C(=O)N2C(C(=O)O)=C(C[N+]3(C)C[C@H](O)[C@@H](O)C3)CS[C@@H]12)c1csc(N)n1. The van der Waals surface area contributed by atoms with Crippen LogP contribution in [0.2, 0.25) is 0 Å². The molecule has 4 rings (SSSR count). The maximum atomic E-state index is 12.9. The van der Waals surface area contributed by atoms with Gasteiger partial charge in [0.15, 0.2) is 10.8 Å². The highest BCUT2D eigenvalue weighted by molar-refractivity contribution is 8.00. The van der Waals surface area contributed by atoms with Crippen LogP contribution in [0.5, 0.6) is 0 Å². The van der Waals surface area contributed by atoms with Gasteiger partial charge in [-0.25, -0.2) is 9.78 Å². The van der Waals surface area contributed by atoms with Gasteiger partial charge in [-0.15, -0.1) is 23.1 Å². The number of thiazole rings is 1. The molecule has 2 fully saturated rings. The summed E-state index contributed by atoms with van der Waals surface area (Å²) in [7, 11) is 3.09. The van der Waals surface area contributed by atoms with Gasteiger partial charge in [0, 0.05) is 16.7 Å². The number of β-lactam (4-membered cyclic amide) rings is 1. The molecule has 0 bridgehead atoms. The van der Waals surface area contributed by atoms with E-state index in [1.807, 2.05) is 7.05 Å². The molecule has 34 heavy (non-hydrogen) atoms. The minimum atomic E-state index is -1.25. The van der Waals surface area contributed by atoms with E-state index < -0.39 is 41.4 Å². The highest BCUT2D eigenvalue weighted by atomic mass is 32.2. The number of aliphatic carboxylic acids is 1. The molecular formula is C19H25N6O7S2+. The maximum absolute atomic E-state index is 12.9.